The zero-order chi connectivity index (χ0) is 13.0. The molecule has 0 fully saturated rings. The molecule has 18 heavy (non-hydrogen) atoms. The van der Waals surface area contributed by atoms with Crippen molar-refractivity contribution in [2.24, 2.45) is 5.73 Å². The van der Waals surface area contributed by atoms with Gasteiger partial charge in [0.1, 0.15) is 5.82 Å². The van der Waals surface area contributed by atoms with Gasteiger partial charge in [-0.1, -0.05) is 48.2 Å². The highest BCUT2D eigenvalue weighted by Crippen LogP contribution is 2.30. The first-order chi connectivity index (χ1) is 8.70. The number of rotatable bonds is 2. The fourth-order valence-corrected chi connectivity index (χ4v) is 2.64. The molecule has 2 N–H and O–H groups in total. The van der Waals surface area contributed by atoms with Crippen LogP contribution in [-0.4, -0.2) is 0 Å². The molecule has 0 heterocycles. The zero-order valence-electron chi connectivity index (χ0n) is 10.5. The molecule has 1 aliphatic rings. The van der Waals surface area contributed by atoms with Crippen LogP contribution in [0.3, 0.4) is 0 Å². The number of hydrogen-bond donors (Lipinski definition) is 1. The molecular weight excluding hydrogens is 249 g/mol. The lowest BCUT2D eigenvalue weighted by atomic mass is 9.91. The minimum Gasteiger partial charge on any atom is -0.320 e. The van der Waals surface area contributed by atoms with E-state index in [9.17, 15) is 4.39 Å². The van der Waals surface area contributed by atoms with Crippen LogP contribution in [-0.2, 0) is 0 Å². The molecule has 0 aliphatic heterocycles. The summed E-state index contributed by atoms with van der Waals surface area (Å²) in [5, 5.41) is 0.148. The Labute approximate surface area is 113 Å². The molecule has 3 heteroatoms. The molecule has 0 spiro atoms. The molecule has 1 aromatic rings. The fourth-order valence-electron chi connectivity index (χ4n) is 2.46. The quantitative estimate of drug-likeness (QED) is 0.768. The molecule has 0 radical (unpaired) electrons. The first kappa shape index (κ1) is 13.6. The van der Waals surface area contributed by atoms with Crippen LogP contribution in [0.25, 0.3) is 0 Å². The lowest BCUT2D eigenvalue weighted by Crippen LogP contribution is -2.16. The van der Waals surface area contributed by atoms with E-state index in [2.05, 4.69) is 6.08 Å². The normalized spacial score (nSPS) is 21.6. The molecule has 2 rings (SSSR count). The summed E-state index contributed by atoms with van der Waals surface area (Å²) in [6, 6.07) is 4.68. The summed E-state index contributed by atoms with van der Waals surface area (Å²) >= 11 is 5.81. The molecule has 1 aromatic carbocycles. The maximum Gasteiger partial charge on any atom is 0.146 e. The molecule has 0 saturated heterocycles. The SMILES string of the molecule is NC(/C1=C/CCCCCC1)c1cccc(Cl)c1F. The summed E-state index contributed by atoms with van der Waals surface area (Å²) in [4.78, 5) is 0. The lowest BCUT2D eigenvalue weighted by Gasteiger charge is -2.19. The third-order valence-corrected chi connectivity index (χ3v) is 3.83. The van der Waals surface area contributed by atoms with Gasteiger partial charge in [-0.05, 0) is 31.7 Å². The molecule has 0 bridgehead atoms. The standard InChI is InChI=1S/C15H19ClFN/c16-13-10-6-9-12(14(13)17)15(18)11-7-4-2-1-3-5-8-11/h6-7,9-10,15H,1-5,8,18H2/b11-7+. The van der Waals surface area contributed by atoms with Crippen LogP contribution in [0.2, 0.25) is 5.02 Å². The van der Waals surface area contributed by atoms with E-state index in [-0.39, 0.29) is 16.9 Å². The van der Waals surface area contributed by atoms with Crippen molar-refractivity contribution in [3.05, 3.63) is 46.3 Å². The van der Waals surface area contributed by atoms with Gasteiger partial charge in [-0.15, -0.1) is 0 Å². The summed E-state index contributed by atoms with van der Waals surface area (Å²) in [5.41, 5.74) is 7.85. The van der Waals surface area contributed by atoms with Crippen molar-refractivity contribution in [1.29, 1.82) is 0 Å². The lowest BCUT2D eigenvalue weighted by molar-refractivity contribution is 0.574. The van der Waals surface area contributed by atoms with Crippen molar-refractivity contribution in [3.8, 4) is 0 Å². The van der Waals surface area contributed by atoms with Crippen molar-refractivity contribution in [1.82, 2.24) is 0 Å². The Morgan fingerprint density at radius 3 is 2.78 bits per heavy atom. The highest BCUT2D eigenvalue weighted by molar-refractivity contribution is 6.30. The molecule has 0 aromatic heterocycles. The maximum atomic E-state index is 13.9. The maximum absolute atomic E-state index is 13.9. The third kappa shape index (κ3) is 3.12. The van der Waals surface area contributed by atoms with Crippen LogP contribution in [0, 0.1) is 5.82 Å². The average Bonchev–Trinajstić information content (AvgIpc) is 2.31. The van der Waals surface area contributed by atoms with E-state index in [1.54, 1.807) is 18.2 Å². The molecule has 1 aliphatic carbocycles. The Hall–Kier alpha value is -0.860. The summed E-state index contributed by atoms with van der Waals surface area (Å²) in [6.07, 6.45) is 9.06. The third-order valence-electron chi connectivity index (χ3n) is 3.54. The average molecular weight is 268 g/mol. The number of nitrogens with two attached hydrogens (primary N) is 1. The van der Waals surface area contributed by atoms with Crippen LogP contribution in [0.1, 0.15) is 50.1 Å². The largest absolute Gasteiger partial charge is 0.320 e. The summed E-state index contributed by atoms with van der Waals surface area (Å²) < 4.78 is 13.9. The molecule has 0 amide bonds. The van der Waals surface area contributed by atoms with Gasteiger partial charge >= 0.3 is 0 Å². The van der Waals surface area contributed by atoms with Gasteiger partial charge in [-0.2, -0.15) is 0 Å². The van der Waals surface area contributed by atoms with Gasteiger partial charge < -0.3 is 5.73 Å². The van der Waals surface area contributed by atoms with Gasteiger partial charge in [0, 0.05) is 5.56 Å². The second-order valence-corrected chi connectivity index (χ2v) is 5.26. The predicted octanol–water partition coefficient (Wildman–Crippen LogP) is 4.76. The Kier molecular flexibility index (Phi) is 4.79. The highest BCUT2D eigenvalue weighted by Gasteiger charge is 2.17. The van der Waals surface area contributed by atoms with E-state index >= 15 is 0 Å². The molecule has 1 unspecified atom stereocenters. The van der Waals surface area contributed by atoms with Gasteiger partial charge in [-0.3, -0.25) is 0 Å². The van der Waals surface area contributed by atoms with Gasteiger partial charge in [0.05, 0.1) is 11.1 Å². The van der Waals surface area contributed by atoms with Crippen LogP contribution < -0.4 is 5.73 Å². The van der Waals surface area contributed by atoms with E-state index in [0.717, 1.165) is 24.8 Å². The molecule has 0 saturated carbocycles. The Morgan fingerprint density at radius 1 is 1.17 bits per heavy atom. The van der Waals surface area contributed by atoms with Gasteiger partial charge in [0.2, 0.25) is 0 Å². The van der Waals surface area contributed by atoms with Crippen molar-refractivity contribution in [2.45, 2.75) is 44.6 Å². The number of hydrogen-bond acceptors (Lipinski definition) is 1. The predicted molar refractivity (Wildman–Crippen MR) is 74.1 cm³/mol. The smallest absolute Gasteiger partial charge is 0.146 e. The Morgan fingerprint density at radius 2 is 1.94 bits per heavy atom. The Balaban J connectivity index is 2.23. The van der Waals surface area contributed by atoms with Crippen molar-refractivity contribution in [2.75, 3.05) is 0 Å². The van der Waals surface area contributed by atoms with Crippen molar-refractivity contribution >= 4 is 11.6 Å². The zero-order valence-corrected chi connectivity index (χ0v) is 11.2. The van der Waals surface area contributed by atoms with Crippen LogP contribution in [0.4, 0.5) is 4.39 Å². The molecule has 1 nitrogen and oxygen atoms in total. The van der Waals surface area contributed by atoms with E-state index in [1.165, 1.54) is 19.3 Å². The Bertz CT molecular complexity index is 442. The van der Waals surface area contributed by atoms with Gasteiger partial charge in [0.15, 0.2) is 0 Å². The highest BCUT2D eigenvalue weighted by atomic mass is 35.5. The molecule has 1 atom stereocenters. The first-order valence-corrected chi connectivity index (χ1v) is 6.96. The minimum absolute atomic E-state index is 0.148. The van der Waals surface area contributed by atoms with Gasteiger partial charge in [0.25, 0.3) is 0 Å². The van der Waals surface area contributed by atoms with Crippen molar-refractivity contribution < 1.29 is 4.39 Å². The number of benzene rings is 1. The van der Waals surface area contributed by atoms with E-state index < -0.39 is 0 Å². The fraction of sp³-hybridized carbons (Fsp3) is 0.467. The monoisotopic (exact) mass is 267 g/mol. The molecular formula is C15H19ClFN. The summed E-state index contributed by atoms with van der Waals surface area (Å²) in [5.74, 6) is -0.380. The van der Waals surface area contributed by atoms with E-state index in [1.807, 2.05) is 0 Å². The van der Waals surface area contributed by atoms with E-state index in [0.29, 0.717) is 5.56 Å². The van der Waals surface area contributed by atoms with Crippen LogP contribution in [0.15, 0.2) is 29.8 Å². The van der Waals surface area contributed by atoms with Crippen molar-refractivity contribution in [3.63, 3.8) is 0 Å². The topological polar surface area (TPSA) is 26.0 Å². The first-order valence-electron chi connectivity index (χ1n) is 6.58. The number of allylic oxidation sites excluding steroid dienone is 1. The van der Waals surface area contributed by atoms with Gasteiger partial charge in [-0.25, -0.2) is 4.39 Å². The minimum atomic E-state index is -0.380. The van der Waals surface area contributed by atoms with E-state index in [4.69, 9.17) is 17.3 Å². The second-order valence-electron chi connectivity index (χ2n) is 4.85. The molecule has 98 valence electrons. The number of halogens is 2. The van der Waals surface area contributed by atoms with Crippen LogP contribution >= 0.6 is 11.6 Å². The van der Waals surface area contributed by atoms with Crippen LogP contribution in [0.5, 0.6) is 0 Å². The summed E-state index contributed by atoms with van der Waals surface area (Å²) in [7, 11) is 0. The summed E-state index contributed by atoms with van der Waals surface area (Å²) in [6.45, 7) is 0. The second kappa shape index (κ2) is 6.35.